The standard InChI is InChI=1S/C10H21N5/c1-5-11-10-14-13-9(15(10)6-2)7-12-8(3)4/h8,12H,5-7H2,1-4H3,(H,11,14). The maximum Gasteiger partial charge on any atom is 0.224 e. The Morgan fingerprint density at radius 2 is 2.00 bits per heavy atom. The molecule has 1 aromatic heterocycles. The van der Waals surface area contributed by atoms with E-state index in [1.165, 1.54) is 0 Å². The van der Waals surface area contributed by atoms with Crippen molar-refractivity contribution in [3.8, 4) is 0 Å². The molecule has 1 aromatic rings. The molecule has 2 N–H and O–H groups in total. The van der Waals surface area contributed by atoms with Gasteiger partial charge in [-0.05, 0) is 13.8 Å². The number of hydrogen-bond acceptors (Lipinski definition) is 4. The highest BCUT2D eigenvalue weighted by Crippen LogP contribution is 2.07. The largest absolute Gasteiger partial charge is 0.355 e. The van der Waals surface area contributed by atoms with Gasteiger partial charge in [0.25, 0.3) is 0 Å². The van der Waals surface area contributed by atoms with Gasteiger partial charge in [0, 0.05) is 19.1 Å². The van der Waals surface area contributed by atoms with E-state index in [2.05, 4.69) is 53.1 Å². The van der Waals surface area contributed by atoms with Crippen molar-refractivity contribution in [1.29, 1.82) is 0 Å². The van der Waals surface area contributed by atoms with Crippen molar-refractivity contribution in [3.05, 3.63) is 5.82 Å². The lowest BCUT2D eigenvalue weighted by molar-refractivity contribution is 0.551. The number of aromatic nitrogens is 3. The molecule has 1 heterocycles. The molecule has 0 aliphatic rings. The van der Waals surface area contributed by atoms with E-state index in [0.29, 0.717) is 6.04 Å². The molecular formula is C10H21N5. The normalized spacial score (nSPS) is 11.0. The van der Waals surface area contributed by atoms with Gasteiger partial charge in [-0.25, -0.2) is 0 Å². The van der Waals surface area contributed by atoms with Crippen LogP contribution in [0.15, 0.2) is 0 Å². The maximum absolute atomic E-state index is 4.17. The fourth-order valence-electron chi connectivity index (χ4n) is 1.38. The zero-order valence-electron chi connectivity index (χ0n) is 10.0. The third-order valence-electron chi connectivity index (χ3n) is 2.15. The first-order valence-corrected chi connectivity index (χ1v) is 5.58. The lowest BCUT2D eigenvalue weighted by Gasteiger charge is -2.10. The molecule has 0 aliphatic heterocycles. The molecule has 86 valence electrons. The summed E-state index contributed by atoms with van der Waals surface area (Å²) in [5.41, 5.74) is 0. The second-order valence-corrected chi connectivity index (χ2v) is 3.75. The van der Waals surface area contributed by atoms with Crippen LogP contribution >= 0.6 is 0 Å². The Balaban J connectivity index is 2.70. The molecule has 0 unspecified atom stereocenters. The Morgan fingerprint density at radius 1 is 1.27 bits per heavy atom. The van der Waals surface area contributed by atoms with E-state index < -0.39 is 0 Å². The van der Waals surface area contributed by atoms with E-state index in [-0.39, 0.29) is 0 Å². The number of anilines is 1. The van der Waals surface area contributed by atoms with Crippen molar-refractivity contribution in [2.45, 2.75) is 46.8 Å². The smallest absolute Gasteiger partial charge is 0.224 e. The molecule has 0 amide bonds. The third-order valence-corrected chi connectivity index (χ3v) is 2.15. The fraction of sp³-hybridized carbons (Fsp3) is 0.800. The lowest BCUT2D eigenvalue weighted by Crippen LogP contribution is -2.24. The van der Waals surface area contributed by atoms with Crippen LogP contribution in [0.4, 0.5) is 5.95 Å². The highest BCUT2D eigenvalue weighted by molar-refractivity contribution is 5.25. The average molecular weight is 211 g/mol. The van der Waals surface area contributed by atoms with E-state index >= 15 is 0 Å². The molecule has 5 nitrogen and oxygen atoms in total. The van der Waals surface area contributed by atoms with Gasteiger partial charge >= 0.3 is 0 Å². The van der Waals surface area contributed by atoms with Gasteiger partial charge in [0.1, 0.15) is 5.82 Å². The highest BCUT2D eigenvalue weighted by atomic mass is 15.4. The first-order chi connectivity index (χ1) is 7.19. The number of nitrogens with zero attached hydrogens (tertiary/aromatic N) is 3. The summed E-state index contributed by atoms with van der Waals surface area (Å²) < 4.78 is 2.10. The molecule has 0 bridgehead atoms. The average Bonchev–Trinajstić information content (AvgIpc) is 2.58. The minimum Gasteiger partial charge on any atom is -0.355 e. The monoisotopic (exact) mass is 211 g/mol. The van der Waals surface area contributed by atoms with Crippen molar-refractivity contribution in [2.24, 2.45) is 0 Å². The number of hydrogen-bond donors (Lipinski definition) is 2. The van der Waals surface area contributed by atoms with Gasteiger partial charge in [-0.1, -0.05) is 13.8 Å². The second kappa shape index (κ2) is 5.70. The third kappa shape index (κ3) is 3.20. The van der Waals surface area contributed by atoms with Gasteiger partial charge in [-0.15, -0.1) is 10.2 Å². The summed E-state index contributed by atoms with van der Waals surface area (Å²) in [4.78, 5) is 0. The van der Waals surface area contributed by atoms with Crippen LogP contribution in [0.2, 0.25) is 0 Å². The Morgan fingerprint density at radius 3 is 2.53 bits per heavy atom. The molecule has 0 saturated heterocycles. The van der Waals surface area contributed by atoms with Crippen LogP contribution in [0.25, 0.3) is 0 Å². The molecule has 1 rings (SSSR count). The molecule has 0 aromatic carbocycles. The summed E-state index contributed by atoms with van der Waals surface area (Å²) in [5, 5.41) is 14.8. The Bertz CT molecular complexity index is 292. The lowest BCUT2D eigenvalue weighted by atomic mass is 10.4. The summed E-state index contributed by atoms with van der Waals surface area (Å²) in [6.45, 7) is 10.9. The SMILES string of the molecule is CCNc1nnc(CNC(C)C)n1CC. The molecule has 0 aliphatic carbocycles. The van der Waals surface area contributed by atoms with Gasteiger partial charge < -0.3 is 10.6 Å². The summed E-state index contributed by atoms with van der Waals surface area (Å²) >= 11 is 0. The molecule has 0 saturated carbocycles. The predicted molar refractivity (Wildman–Crippen MR) is 61.8 cm³/mol. The van der Waals surface area contributed by atoms with Gasteiger partial charge in [-0.2, -0.15) is 0 Å². The summed E-state index contributed by atoms with van der Waals surface area (Å²) in [6.07, 6.45) is 0. The zero-order valence-corrected chi connectivity index (χ0v) is 10.0. The highest BCUT2D eigenvalue weighted by Gasteiger charge is 2.09. The van der Waals surface area contributed by atoms with Crippen molar-refractivity contribution in [1.82, 2.24) is 20.1 Å². The fourth-order valence-corrected chi connectivity index (χ4v) is 1.38. The van der Waals surface area contributed by atoms with Crippen LogP contribution < -0.4 is 10.6 Å². The Hall–Kier alpha value is -1.10. The topological polar surface area (TPSA) is 54.8 Å². The van der Waals surface area contributed by atoms with Crippen LogP contribution in [-0.4, -0.2) is 27.4 Å². The summed E-state index contributed by atoms with van der Waals surface area (Å²) in [6, 6.07) is 0.467. The molecule has 0 fully saturated rings. The van der Waals surface area contributed by atoms with Gasteiger partial charge in [0.05, 0.1) is 6.54 Å². The molecule has 0 atom stereocenters. The first-order valence-electron chi connectivity index (χ1n) is 5.58. The van der Waals surface area contributed by atoms with Crippen molar-refractivity contribution in [2.75, 3.05) is 11.9 Å². The van der Waals surface area contributed by atoms with Crippen molar-refractivity contribution >= 4 is 5.95 Å². The minimum absolute atomic E-state index is 0.467. The Kier molecular flexibility index (Phi) is 4.55. The summed E-state index contributed by atoms with van der Waals surface area (Å²) in [5.74, 6) is 1.85. The zero-order chi connectivity index (χ0) is 11.3. The Labute approximate surface area is 91.3 Å². The quantitative estimate of drug-likeness (QED) is 0.743. The van der Waals surface area contributed by atoms with Crippen LogP contribution in [-0.2, 0) is 13.1 Å². The molecular weight excluding hydrogens is 190 g/mol. The minimum atomic E-state index is 0.467. The van der Waals surface area contributed by atoms with Crippen molar-refractivity contribution < 1.29 is 0 Å². The molecule has 5 heteroatoms. The number of nitrogens with one attached hydrogen (secondary N) is 2. The van der Waals surface area contributed by atoms with Crippen LogP contribution in [0, 0.1) is 0 Å². The first kappa shape index (κ1) is 12.0. The van der Waals surface area contributed by atoms with E-state index in [1.54, 1.807) is 0 Å². The molecule has 0 spiro atoms. The molecule has 0 radical (unpaired) electrons. The van der Waals surface area contributed by atoms with Gasteiger partial charge in [0.2, 0.25) is 5.95 Å². The van der Waals surface area contributed by atoms with Gasteiger partial charge in [0.15, 0.2) is 0 Å². The summed E-state index contributed by atoms with van der Waals surface area (Å²) in [7, 11) is 0. The van der Waals surface area contributed by atoms with Gasteiger partial charge in [-0.3, -0.25) is 4.57 Å². The van der Waals surface area contributed by atoms with E-state index in [9.17, 15) is 0 Å². The van der Waals surface area contributed by atoms with E-state index in [4.69, 9.17) is 0 Å². The van der Waals surface area contributed by atoms with Crippen molar-refractivity contribution in [3.63, 3.8) is 0 Å². The van der Waals surface area contributed by atoms with Crippen LogP contribution in [0.1, 0.15) is 33.5 Å². The molecule has 15 heavy (non-hydrogen) atoms. The predicted octanol–water partition coefficient (Wildman–Crippen LogP) is 1.23. The van der Waals surface area contributed by atoms with Crippen LogP contribution in [0.5, 0.6) is 0 Å². The second-order valence-electron chi connectivity index (χ2n) is 3.75. The van der Waals surface area contributed by atoms with E-state index in [1.807, 2.05) is 0 Å². The number of rotatable bonds is 6. The maximum atomic E-state index is 4.17. The van der Waals surface area contributed by atoms with Crippen LogP contribution in [0.3, 0.4) is 0 Å². The van der Waals surface area contributed by atoms with E-state index in [0.717, 1.165) is 31.4 Å².